The predicted octanol–water partition coefficient (Wildman–Crippen LogP) is 4.59. The van der Waals surface area contributed by atoms with Gasteiger partial charge in [-0.2, -0.15) is 4.98 Å². The smallest absolute Gasteiger partial charge is 0.266 e. The van der Waals surface area contributed by atoms with Crippen molar-refractivity contribution in [2.75, 3.05) is 19.5 Å². The fourth-order valence-corrected chi connectivity index (χ4v) is 3.20. The van der Waals surface area contributed by atoms with Gasteiger partial charge in [-0.1, -0.05) is 18.2 Å². The molecule has 2 aromatic heterocycles. The topological polar surface area (TPSA) is 60.7 Å². The van der Waals surface area contributed by atoms with Gasteiger partial charge in [0.2, 0.25) is 5.78 Å². The molecule has 0 aliphatic heterocycles. The van der Waals surface area contributed by atoms with E-state index in [1.54, 1.807) is 28.9 Å². The standard InChI is InChI=1S/C20H17F3N4O2/c1-28-15-8-13-14(9-16(15)29-2)27-7-6-24-20(27)26-19(13)25-10-11-4-3-5-12(17(11)21)18(22)23/h3-9,18H,10H2,1-2H3,(H,24,25,26). The maximum absolute atomic E-state index is 14.4. The predicted molar refractivity (Wildman–Crippen MR) is 102 cm³/mol. The quantitative estimate of drug-likeness (QED) is 0.511. The summed E-state index contributed by atoms with van der Waals surface area (Å²) in [7, 11) is 3.05. The Labute approximate surface area is 163 Å². The van der Waals surface area contributed by atoms with Crippen LogP contribution in [0.4, 0.5) is 19.0 Å². The molecule has 2 aromatic carbocycles. The van der Waals surface area contributed by atoms with Crippen LogP contribution >= 0.6 is 0 Å². The van der Waals surface area contributed by atoms with Gasteiger partial charge in [0.05, 0.1) is 25.3 Å². The third-order valence-electron chi connectivity index (χ3n) is 4.64. The summed E-state index contributed by atoms with van der Waals surface area (Å²) in [4.78, 5) is 8.67. The summed E-state index contributed by atoms with van der Waals surface area (Å²) in [6, 6.07) is 7.46. The number of methoxy groups -OCH3 is 2. The van der Waals surface area contributed by atoms with Crippen molar-refractivity contribution in [3.63, 3.8) is 0 Å². The number of anilines is 1. The molecular weight excluding hydrogens is 385 g/mol. The Morgan fingerprint density at radius 1 is 1.14 bits per heavy atom. The van der Waals surface area contributed by atoms with Crippen molar-refractivity contribution in [2.24, 2.45) is 0 Å². The molecule has 0 atom stereocenters. The lowest BCUT2D eigenvalue weighted by molar-refractivity contribution is 0.146. The van der Waals surface area contributed by atoms with Gasteiger partial charge in [-0.05, 0) is 6.07 Å². The van der Waals surface area contributed by atoms with Crippen LogP contribution < -0.4 is 14.8 Å². The van der Waals surface area contributed by atoms with Crippen molar-refractivity contribution in [1.29, 1.82) is 0 Å². The molecule has 1 N–H and O–H groups in total. The zero-order valence-electron chi connectivity index (χ0n) is 15.6. The van der Waals surface area contributed by atoms with E-state index in [0.29, 0.717) is 28.5 Å². The summed E-state index contributed by atoms with van der Waals surface area (Å²) in [6.07, 6.45) is 0.479. The molecular formula is C20H17F3N4O2. The molecule has 0 radical (unpaired) electrons. The van der Waals surface area contributed by atoms with Gasteiger partial charge in [-0.15, -0.1) is 0 Å². The average molecular weight is 402 g/mol. The molecule has 0 aliphatic carbocycles. The molecule has 0 fully saturated rings. The van der Waals surface area contributed by atoms with Crippen LogP contribution in [0.5, 0.6) is 11.5 Å². The third kappa shape index (κ3) is 3.28. The number of nitrogens with zero attached hydrogens (tertiary/aromatic N) is 3. The fraction of sp³-hybridized carbons (Fsp3) is 0.200. The first-order valence-corrected chi connectivity index (χ1v) is 8.71. The van der Waals surface area contributed by atoms with Gasteiger partial charge in [-0.3, -0.25) is 4.40 Å². The zero-order chi connectivity index (χ0) is 20.5. The molecule has 4 aromatic rings. The van der Waals surface area contributed by atoms with Crippen LogP contribution in [0.3, 0.4) is 0 Å². The molecule has 2 heterocycles. The highest BCUT2D eigenvalue weighted by atomic mass is 19.3. The average Bonchev–Trinajstić information content (AvgIpc) is 3.20. The van der Waals surface area contributed by atoms with Crippen molar-refractivity contribution in [1.82, 2.24) is 14.4 Å². The second-order valence-electron chi connectivity index (χ2n) is 6.26. The van der Waals surface area contributed by atoms with Gasteiger partial charge in [0, 0.05) is 36.0 Å². The molecule has 29 heavy (non-hydrogen) atoms. The minimum atomic E-state index is -2.88. The minimum absolute atomic E-state index is 0.0281. The molecule has 0 bridgehead atoms. The Hall–Kier alpha value is -3.49. The van der Waals surface area contributed by atoms with Gasteiger partial charge in [0.1, 0.15) is 11.6 Å². The van der Waals surface area contributed by atoms with Gasteiger partial charge < -0.3 is 14.8 Å². The third-order valence-corrected chi connectivity index (χ3v) is 4.64. The molecule has 0 aliphatic rings. The highest BCUT2D eigenvalue weighted by molar-refractivity contribution is 5.93. The summed E-state index contributed by atoms with van der Waals surface area (Å²) in [5.74, 6) is 0.939. The zero-order valence-corrected chi connectivity index (χ0v) is 15.6. The van der Waals surface area contributed by atoms with Crippen LogP contribution in [-0.2, 0) is 6.54 Å². The van der Waals surface area contributed by atoms with Gasteiger partial charge in [-0.25, -0.2) is 18.2 Å². The SMILES string of the molecule is COc1cc2c(NCc3cccc(C(F)F)c3F)nc3nccn3c2cc1OC. The number of alkyl halides is 2. The lowest BCUT2D eigenvalue weighted by atomic mass is 10.1. The number of benzene rings is 2. The van der Waals surface area contributed by atoms with Crippen LogP contribution in [0.2, 0.25) is 0 Å². The highest BCUT2D eigenvalue weighted by Gasteiger charge is 2.17. The summed E-state index contributed by atoms with van der Waals surface area (Å²) in [5.41, 5.74) is 0.230. The number of hydrogen-bond acceptors (Lipinski definition) is 5. The van der Waals surface area contributed by atoms with E-state index in [0.717, 1.165) is 11.6 Å². The number of rotatable bonds is 6. The van der Waals surface area contributed by atoms with E-state index >= 15 is 0 Å². The summed E-state index contributed by atoms with van der Waals surface area (Å²) in [6.45, 7) is -0.0281. The first-order valence-electron chi connectivity index (χ1n) is 8.71. The van der Waals surface area contributed by atoms with E-state index in [4.69, 9.17) is 9.47 Å². The van der Waals surface area contributed by atoms with Crippen molar-refractivity contribution < 1.29 is 22.6 Å². The first kappa shape index (κ1) is 18.9. The summed E-state index contributed by atoms with van der Waals surface area (Å²) >= 11 is 0. The second kappa shape index (κ2) is 7.50. The van der Waals surface area contributed by atoms with Crippen molar-refractivity contribution in [3.8, 4) is 11.5 Å². The highest BCUT2D eigenvalue weighted by Crippen LogP contribution is 2.35. The number of ether oxygens (including phenoxy) is 2. The van der Waals surface area contributed by atoms with E-state index < -0.39 is 17.8 Å². The monoisotopic (exact) mass is 402 g/mol. The Morgan fingerprint density at radius 2 is 1.90 bits per heavy atom. The number of hydrogen-bond donors (Lipinski definition) is 1. The molecule has 6 nitrogen and oxygen atoms in total. The Balaban J connectivity index is 1.80. The fourth-order valence-electron chi connectivity index (χ4n) is 3.20. The largest absolute Gasteiger partial charge is 0.493 e. The maximum Gasteiger partial charge on any atom is 0.266 e. The Bertz CT molecular complexity index is 1190. The van der Waals surface area contributed by atoms with E-state index in [-0.39, 0.29) is 12.1 Å². The van der Waals surface area contributed by atoms with E-state index in [1.165, 1.54) is 26.4 Å². The van der Waals surface area contributed by atoms with Crippen LogP contribution in [0.1, 0.15) is 17.6 Å². The second-order valence-corrected chi connectivity index (χ2v) is 6.26. The molecule has 150 valence electrons. The van der Waals surface area contributed by atoms with E-state index in [2.05, 4.69) is 15.3 Å². The summed E-state index contributed by atoms with van der Waals surface area (Å²) in [5, 5.41) is 3.72. The number of aromatic nitrogens is 3. The minimum Gasteiger partial charge on any atom is -0.493 e. The lowest BCUT2D eigenvalue weighted by Gasteiger charge is -2.14. The van der Waals surface area contributed by atoms with Crippen molar-refractivity contribution in [2.45, 2.75) is 13.0 Å². The maximum atomic E-state index is 14.4. The number of imidazole rings is 1. The molecule has 0 saturated heterocycles. The Morgan fingerprint density at radius 3 is 2.62 bits per heavy atom. The van der Waals surface area contributed by atoms with Crippen LogP contribution in [0.15, 0.2) is 42.7 Å². The lowest BCUT2D eigenvalue weighted by Crippen LogP contribution is -2.07. The van der Waals surface area contributed by atoms with Gasteiger partial charge >= 0.3 is 0 Å². The van der Waals surface area contributed by atoms with Gasteiger partial charge in [0.25, 0.3) is 6.43 Å². The molecule has 0 amide bonds. The van der Waals surface area contributed by atoms with E-state index in [9.17, 15) is 13.2 Å². The van der Waals surface area contributed by atoms with Crippen molar-refractivity contribution >= 4 is 22.5 Å². The van der Waals surface area contributed by atoms with E-state index in [1.807, 2.05) is 0 Å². The number of nitrogens with one attached hydrogen (secondary N) is 1. The number of fused-ring (bicyclic) bond motifs is 3. The van der Waals surface area contributed by atoms with Crippen LogP contribution in [0, 0.1) is 5.82 Å². The molecule has 0 unspecified atom stereocenters. The Kier molecular flexibility index (Phi) is 4.87. The molecule has 0 spiro atoms. The van der Waals surface area contributed by atoms with Crippen LogP contribution in [-0.4, -0.2) is 28.6 Å². The number of halogens is 3. The van der Waals surface area contributed by atoms with Crippen LogP contribution in [0.25, 0.3) is 16.7 Å². The molecule has 9 heteroatoms. The molecule has 0 saturated carbocycles. The van der Waals surface area contributed by atoms with Gasteiger partial charge in [0.15, 0.2) is 11.5 Å². The summed E-state index contributed by atoms with van der Waals surface area (Å²) < 4.78 is 52.8. The van der Waals surface area contributed by atoms with Crippen molar-refractivity contribution in [3.05, 3.63) is 59.7 Å². The first-order chi connectivity index (χ1) is 14.0. The molecule has 4 rings (SSSR count). The normalized spacial score (nSPS) is 11.4.